The number of rotatable bonds is 6. The van der Waals surface area contributed by atoms with Crippen LogP contribution in [0.15, 0.2) is 18.2 Å². The van der Waals surface area contributed by atoms with Crippen molar-refractivity contribution in [3.63, 3.8) is 0 Å². The van der Waals surface area contributed by atoms with E-state index >= 15 is 0 Å². The average molecular weight is 283 g/mol. The highest BCUT2D eigenvalue weighted by Gasteiger charge is 2.25. The number of carbonyl (C=O) groups is 1. The molecule has 1 N–H and O–H groups in total. The lowest BCUT2D eigenvalue weighted by molar-refractivity contribution is 0.0949. The van der Waals surface area contributed by atoms with Crippen LogP contribution >= 0.6 is 11.8 Å². The van der Waals surface area contributed by atoms with E-state index in [1.165, 1.54) is 12.1 Å². The van der Waals surface area contributed by atoms with Crippen molar-refractivity contribution in [2.75, 3.05) is 12.8 Å². The van der Waals surface area contributed by atoms with Crippen LogP contribution in [0, 0.1) is 12.7 Å². The zero-order valence-corrected chi connectivity index (χ0v) is 12.9. The van der Waals surface area contributed by atoms with Gasteiger partial charge in [0, 0.05) is 16.9 Å². The van der Waals surface area contributed by atoms with Gasteiger partial charge in [0.05, 0.1) is 0 Å². The molecule has 106 valence electrons. The molecular formula is C15H22FNOS. The van der Waals surface area contributed by atoms with Gasteiger partial charge in [-0.25, -0.2) is 4.39 Å². The number of hydrogen-bond acceptors (Lipinski definition) is 2. The molecule has 0 saturated heterocycles. The zero-order chi connectivity index (χ0) is 14.5. The molecule has 1 amide bonds. The zero-order valence-electron chi connectivity index (χ0n) is 12.0. The van der Waals surface area contributed by atoms with Gasteiger partial charge in [0.1, 0.15) is 5.82 Å². The van der Waals surface area contributed by atoms with Crippen molar-refractivity contribution >= 4 is 17.7 Å². The first-order valence-corrected chi connectivity index (χ1v) is 7.80. The summed E-state index contributed by atoms with van der Waals surface area (Å²) in [6, 6.07) is 4.45. The van der Waals surface area contributed by atoms with Gasteiger partial charge in [0.15, 0.2) is 0 Å². The number of thioether (sulfide) groups is 1. The Hall–Kier alpha value is -1.03. The second-order valence-corrected chi connectivity index (χ2v) is 6.02. The van der Waals surface area contributed by atoms with Crippen molar-refractivity contribution in [1.29, 1.82) is 0 Å². The molecule has 0 unspecified atom stereocenters. The summed E-state index contributed by atoms with van der Waals surface area (Å²) in [4.78, 5) is 12.1. The van der Waals surface area contributed by atoms with E-state index < -0.39 is 0 Å². The van der Waals surface area contributed by atoms with E-state index in [0.717, 1.165) is 12.8 Å². The molecule has 0 aliphatic heterocycles. The van der Waals surface area contributed by atoms with Crippen LogP contribution in [0.1, 0.15) is 42.6 Å². The lowest BCUT2D eigenvalue weighted by atomic mass is 10.0. The molecule has 1 aromatic carbocycles. The first-order valence-electron chi connectivity index (χ1n) is 6.57. The second-order valence-electron chi connectivity index (χ2n) is 4.74. The predicted molar refractivity (Wildman–Crippen MR) is 80.3 cm³/mol. The van der Waals surface area contributed by atoms with Crippen molar-refractivity contribution < 1.29 is 9.18 Å². The van der Waals surface area contributed by atoms with Crippen molar-refractivity contribution in [1.82, 2.24) is 5.32 Å². The van der Waals surface area contributed by atoms with Gasteiger partial charge in [0.2, 0.25) is 0 Å². The van der Waals surface area contributed by atoms with E-state index in [9.17, 15) is 9.18 Å². The average Bonchev–Trinajstić information content (AvgIpc) is 2.43. The van der Waals surface area contributed by atoms with Crippen LogP contribution in [0.3, 0.4) is 0 Å². The van der Waals surface area contributed by atoms with Gasteiger partial charge in [-0.2, -0.15) is 11.8 Å². The van der Waals surface area contributed by atoms with E-state index in [0.29, 0.717) is 17.7 Å². The smallest absolute Gasteiger partial charge is 0.251 e. The molecule has 0 heterocycles. The van der Waals surface area contributed by atoms with Crippen molar-refractivity contribution in [2.45, 2.75) is 38.4 Å². The van der Waals surface area contributed by atoms with Crippen LogP contribution in [0.5, 0.6) is 0 Å². The summed E-state index contributed by atoms with van der Waals surface area (Å²) in [6.45, 7) is 6.56. The number of aryl methyl sites for hydroxylation is 1. The maximum absolute atomic E-state index is 13.2. The minimum atomic E-state index is -0.280. The molecule has 0 spiro atoms. The number of amides is 1. The summed E-state index contributed by atoms with van der Waals surface area (Å²) in [6.07, 6.45) is 4.09. The maximum Gasteiger partial charge on any atom is 0.251 e. The van der Waals surface area contributed by atoms with E-state index in [2.05, 4.69) is 25.4 Å². The van der Waals surface area contributed by atoms with Gasteiger partial charge in [-0.1, -0.05) is 13.8 Å². The van der Waals surface area contributed by atoms with E-state index in [4.69, 9.17) is 0 Å². The fourth-order valence-electron chi connectivity index (χ4n) is 1.99. The molecule has 1 rings (SSSR count). The van der Waals surface area contributed by atoms with Crippen LogP contribution in [0.25, 0.3) is 0 Å². The normalized spacial score (nSPS) is 11.4. The highest BCUT2D eigenvalue weighted by Crippen LogP contribution is 2.29. The number of nitrogens with one attached hydrogen (secondary N) is 1. The molecular weight excluding hydrogens is 261 g/mol. The van der Waals surface area contributed by atoms with Crippen molar-refractivity contribution in [2.24, 2.45) is 0 Å². The molecule has 0 radical (unpaired) electrons. The second kappa shape index (κ2) is 6.94. The Bertz CT molecular complexity index is 436. The molecule has 0 aromatic heterocycles. The van der Waals surface area contributed by atoms with Gasteiger partial charge in [0.25, 0.3) is 5.91 Å². The lowest BCUT2D eigenvalue weighted by Crippen LogP contribution is -2.39. The molecule has 0 saturated carbocycles. The quantitative estimate of drug-likeness (QED) is 0.860. The van der Waals surface area contributed by atoms with Crippen LogP contribution in [0.4, 0.5) is 4.39 Å². The summed E-state index contributed by atoms with van der Waals surface area (Å²) in [5.41, 5.74) is 1.01. The minimum Gasteiger partial charge on any atom is -0.351 e. The van der Waals surface area contributed by atoms with Gasteiger partial charge >= 0.3 is 0 Å². The Morgan fingerprint density at radius 2 is 2.00 bits per heavy atom. The highest BCUT2D eigenvalue weighted by atomic mass is 32.2. The summed E-state index contributed by atoms with van der Waals surface area (Å²) in [7, 11) is 0. The monoisotopic (exact) mass is 283 g/mol. The molecule has 0 aliphatic rings. The van der Waals surface area contributed by atoms with Crippen LogP contribution in [-0.2, 0) is 0 Å². The highest BCUT2D eigenvalue weighted by molar-refractivity contribution is 8.00. The van der Waals surface area contributed by atoms with E-state index in [-0.39, 0.29) is 16.5 Å². The summed E-state index contributed by atoms with van der Waals surface area (Å²) >= 11 is 1.79. The summed E-state index contributed by atoms with van der Waals surface area (Å²) in [5.74, 6) is -0.416. The van der Waals surface area contributed by atoms with Crippen LogP contribution in [-0.4, -0.2) is 23.5 Å². The first-order chi connectivity index (χ1) is 8.98. The number of benzene rings is 1. The Morgan fingerprint density at radius 1 is 1.37 bits per heavy atom. The third kappa shape index (κ3) is 3.96. The van der Waals surface area contributed by atoms with Crippen molar-refractivity contribution in [3.8, 4) is 0 Å². The molecule has 0 aliphatic carbocycles. The molecule has 19 heavy (non-hydrogen) atoms. The van der Waals surface area contributed by atoms with Crippen LogP contribution in [0.2, 0.25) is 0 Å². The maximum atomic E-state index is 13.2. The predicted octanol–water partition coefficient (Wildman–Crippen LogP) is 3.79. The van der Waals surface area contributed by atoms with Gasteiger partial charge in [-0.3, -0.25) is 4.79 Å². The Balaban J connectivity index is 2.72. The number of halogens is 1. The number of carbonyl (C=O) groups excluding carboxylic acids is 1. The number of hydrogen-bond donors (Lipinski definition) is 1. The summed E-state index contributed by atoms with van der Waals surface area (Å²) < 4.78 is 13.3. The summed E-state index contributed by atoms with van der Waals surface area (Å²) in [5, 5.41) is 2.96. The third-order valence-corrected chi connectivity index (χ3v) is 5.30. The fraction of sp³-hybridized carbons (Fsp3) is 0.533. The largest absolute Gasteiger partial charge is 0.351 e. The van der Waals surface area contributed by atoms with Gasteiger partial charge in [-0.05, 0) is 49.8 Å². The van der Waals surface area contributed by atoms with E-state index in [1.807, 2.05) is 0 Å². The Morgan fingerprint density at radius 3 is 2.47 bits per heavy atom. The Labute approximate surface area is 119 Å². The third-order valence-electron chi connectivity index (χ3n) is 3.71. The topological polar surface area (TPSA) is 29.1 Å². The molecule has 2 nitrogen and oxygen atoms in total. The molecule has 0 fully saturated rings. The molecule has 0 bridgehead atoms. The van der Waals surface area contributed by atoms with Crippen molar-refractivity contribution in [3.05, 3.63) is 35.1 Å². The standard InChI is InChI=1S/C15H22FNOS/c1-5-15(6-2,19-4)10-17-14(18)12-7-8-13(16)11(3)9-12/h7-9H,5-6,10H2,1-4H3,(H,17,18). The first kappa shape index (κ1) is 16.0. The fourth-order valence-corrected chi connectivity index (χ4v) is 2.78. The van der Waals surface area contributed by atoms with Gasteiger partial charge < -0.3 is 5.32 Å². The van der Waals surface area contributed by atoms with E-state index in [1.54, 1.807) is 24.8 Å². The SMILES string of the molecule is CCC(CC)(CNC(=O)c1ccc(F)c(C)c1)SC. The molecule has 0 atom stereocenters. The van der Waals surface area contributed by atoms with Crippen LogP contribution < -0.4 is 5.32 Å². The Kier molecular flexibility index (Phi) is 5.85. The lowest BCUT2D eigenvalue weighted by Gasteiger charge is -2.29. The minimum absolute atomic E-state index is 0.0880. The molecule has 4 heteroatoms. The van der Waals surface area contributed by atoms with Gasteiger partial charge in [-0.15, -0.1) is 0 Å². The molecule has 1 aromatic rings.